The highest BCUT2D eigenvalue weighted by Gasteiger charge is 2.07. The van der Waals surface area contributed by atoms with E-state index >= 15 is 0 Å². The van der Waals surface area contributed by atoms with Crippen molar-refractivity contribution in [2.75, 3.05) is 44.1 Å². The quantitative estimate of drug-likeness (QED) is 0.414. The molecule has 1 rings (SSSR count). The fraction of sp³-hybridized carbons (Fsp3) is 0.412. The van der Waals surface area contributed by atoms with Crippen LogP contribution in [0.15, 0.2) is 36.0 Å². The van der Waals surface area contributed by atoms with E-state index in [1.54, 1.807) is 0 Å². The van der Waals surface area contributed by atoms with Crippen LogP contribution in [0.5, 0.6) is 0 Å². The molecule has 0 saturated heterocycles. The van der Waals surface area contributed by atoms with Gasteiger partial charge in [0.2, 0.25) is 0 Å². The van der Waals surface area contributed by atoms with Crippen LogP contribution in [-0.4, -0.2) is 39.8 Å². The number of nitrogens with one attached hydrogen (secondary N) is 2. The van der Waals surface area contributed by atoms with Crippen molar-refractivity contribution in [1.82, 2.24) is 5.32 Å². The van der Waals surface area contributed by atoms with Crippen LogP contribution in [0.3, 0.4) is 0 Å². The Bertz CT molecular complexity index is 559. The van der Waals surface area contributed by atoms with E-state index < -0.39 is 0 Å². The average molecular weight is 316 g/mol. The van der Waals surface area contributed by atoms with Crippen LogP contribution in [0.25, 0.3) is 0 Å². The van der Waals surface area contributed by atoms with Gasteiger partial charge in [0.25, 0.3) is 5.91 Å². The van der Waals surface area contributed by atoms with Gasteiger partial charge >= 0.3 is 0 Å². The number of rotatable bonds is 9. The highest BCUT2D eigenvalue weighted by Crippen LogP contribution is 2.15. The third-order valence-corrected chi connectivity index (χ3v) is 3.09. The molecule has 0 fully saturated rings. The Morgan fingerprint density at radius 2 is 2.04 bits per heavy atom. The first-order valence-corrected chi connectivity index (χ1v) is 7.58. The Labute approximate surface area is 137 Å². The number of amides is 1. The van der Waals surface area contributed by atoms with Crippen molar-refractivity contribution in [3.63, 3.8) is 0 Å². The van der Waals surface area contributed by atoms with Crippen molar-refractivity contribution in [3.05, 3.63) is 36.0 Å². The SMILES string of the molecule is CCOCCCNC(=O)/C(C#N)=C\Nc1ccc(N(C)C)cc1. The standard InChI is InChI=1S/C17H24N4O2/c1-4-23-11-5-10-19-17(22)14(12-18)13-20-15-6-8-16(9-7-15)21(2)3/h6-9,13,20H,4-5,10-11H2,1-3H3,(H,19,22)/b14-13-. The highest BCUT2D eigenvalue weighted by molar-refractivity contribution is 5.97. The number of anilines is 2. The maximum absolute atomic E-state index is 11.9. The molecule has 23 heavy (non-hydrogen) atoms. The Kier molecular flexibility index (Phi) is 8.25. The Morgan fingerprint density at radius 1 is 1.35 bits per heavy atom. The third-order valence-electron chi connectivity index (χ3n) is 3.09. The summed E-state index contributed by atoms with van der Waals surface area (Å²) in [6.45, 7) is 3.66. The van der Waals surface area contributed by atoms with Crippen LogP contribution in [0.2, 0.25) is 0 Å². The number of benzene rings is 1. The summed E-state index contributed by atoms with van der Waals surface area (Å²) in [4.78, 5) is 13.9. The van der Waals surface area contributed by atoms with Gasteiger partial charge in [-0.15, -0.1) is 0 Å². The Hall–Kier alpha value is -2.52. The van der Waals surface area contributed by atoms with Gasteiger partial charge in [0.05, 0.1) is 0 Å². The number of nitriles is 1. The maximum Gasteiger partial charge on any atom is 0.263 e. The lowest BCUT2D eigenvalue weighted by atomic mass is 10.2. The van der Waals surface area contributed by atoms with E-state index in [1.807, 2.05) is 56.3 Å². The molecule has 0 saturated carbocycles. The van der Waals surface area contributed by atoms with Crippen molar-refractivity contribution in [3.8, 4) is 6.07 Å². The molecule has 1 aromatic rings. The van der Waals surface area contributed by atoms with E-state index in [9.17, 15) is 4.79 Å². The predicted molar refractivity (Wildman–Crippen MR) is 92.2 cm³/mol. The predicted octanol–water partition coefficient (Wildman–Crippen LogP) is 2.11. The zero-order valence-corrected chi connectivity index (χ0v) is 13.9. The molecule has 0 heterocycles. The second-order valence-electron chi connectivity index (χ2n) is 5.06. The summed E-state index contributed by atoms with van der Waals surface area (Å²) in [6, 6.07) is 9.59. The van der Waals surface area contributed by atoms with Crippen molar-refractivity contribution in [1.29, 1.82) is 5.26 Å². The van der Waals surface area contributed by atoms with Crippen molar-refractivity contribution >= 4 is 17.3 Å². The van der Waals surface area contributed by atoms with Gasteiger partial charge < -0.3 is 20.3 Å². The number of hydrogen-bond acceptors (Lipinski definition) is 5. The Balaban J connectivity index is 2.51. The molecule has 0 aliphatic heterocycles. The maximum atomic E-state index is 11.9. The molecule has 0 spiro atoms. The van der Waals surface area contributed by atoms with Gasteiger partial charge in [-0.1, -0.05) is 0 Å². The molecule has 0 unspecified atom stereocenters. The van der Waals surface area contributed by atoms with E-state index in [-0.39, 0.29) is 11.5 Å². The minimum Gasteiger partial charge on any atom is -0.382 e. The molecule has 2 N–H and O–H groups in total. The van der Waals surface area contributed by atoms with Crippen molar-refractivity contribution in [2.45, 2.75) is 13.3 Å². The summed E-state index contributed by atoms with van der Waals surface area (Å²) in [5.41, 5.74) is 1.93. The van der Waals surface area contributed by atoms with Crippen LogP contribution in [-0.2, 0) is 9.53 Å². The van der Waals surface area contributed by atoms with E-state index in [0.29, 0.717) is 19.8 Å². The smallest absolute Gasteiger partial charge is 0.263 e. The minimum absolute atomic E-state index is 0.0399. The van der Waals surface area contributed by atoms with Gasteiger partial charge in [0.15, 0.2) is 0 Å². The molecule has 0 atom stereocenters. The van der Waals surface area contributed by atoms with Crippen molar-refractivity contribution < 1.29 is 9.53 Å². The Morgan fingerprint density at radius 3 is 2.61 bits per heavy atom. The molecular formula is C17H24N4O2. The molecular weight excluding hydrogens is 292 g/mol. The van der Waals surface area contributed by atoms with Crippen molar-refractivity contribution in [2.24, 2.45) is 0 Å². The summed E-state index contributed by atoms with van der Waals surface area (Å²) < 4.78 is 5.19. The monoisotopic (exact) mass is 316 g/mol. The van der Waals surface area contributed by atoms with Crippen LogP contribution < -0.4 is 15.5 Å². The van der Waals surface area contributed by atoms with Gasteiger partial charge in [-0.05, 0) is 37.6 Å². The zero-order valence-electron chi connectivity index (χ0n) is 13.9. The molecule has 0 aliphatic carbocycles. The molecule has 1 aromatic carbocycles. The van der Waals surface area contributed by atoms with Gasteiger partial charge in [0.1, 0.15) is 11.6 Å². The summed E-state index contributed by atoms with van der Waals surface area (Å²) in [7, 11) is 3.93. The lowest BCUT2D eigenvalue weighted by molar-refractivity contribution is -0.117. The van der Waals surface area contributed by atoms with Gasteiger partial charge in [0, 0.05) is 51.4 Å². The molecule has 0 radical (unpaired) electrons. The molecule has 6 heteroatoms. The van der Waals surface area contributed by atoms with E-state index in [2.05, 4.69) is 10.6 Å². The van der Waals surface area contributed by atoms with E-state index in [1.165, 1.54) is 6.20 Å². The second kappa shape index (κ2) is 10.2. The first kappa shape index (κ1) is 18.5. The number of carbonyl (C=O) groups excluding carboxylic acids is 1. The zero-order chi connectivity index (χ0) is 17.1. The van der Waals surface area contributed by atoms with Crippen LogP contribution in [0, 0.1) is 11.3 Å². The fourth-order valence-electron chi connectivity index (χ4n) is 1.78. The van der Waals surface area contributed by atoms with Gasteiger partial charge in [-0.3, -0.25) is 4.79 Å². The molecule has 124 valence electrons. The van der Waals surface area contributed by atoms with Gasteiger partial charge in [-0.2, -0.15) is 5.26 Å². The molecule has 0 aliphatic rings. The van der Waals surface area contributed by atoms with E-state index in [4.69, 9.17) is 10.00 Å². The summed E-state index contributed by atoms with van der Waals surface area (Å²) >= 11 is 0. The summed E-state index contributed by atoms with van der Waals surface area (Å²) in [5, 5.41) is 14.7. The number of nitrogens with zero attached hydrogens (tertiary/aromatic N) is 2. The van der Waals surface area contributed by atoms with Gasteiger partial charge in [-0.25, -0.2) is 0 Å². The molecule has 0 aromatic heterocycles. The lowest BCUT2D eigenvalue weighted by Crippen LogP contribution is -2.26. The molecule has 1 amide bonds. The second-order valence-corrected chi connectivity index (χ2v) is 5.06. The normalized spacial score (nSPS) is 10.8. The van der Waals surface area contributed by atoms with Crippen LogP contribution in [0.1, 0.15) is 13.3 Å². The lowest BCUT2D eigenvalue weighted by Gasteiger charge is -2.12. The highest BCUT2D eigenvalue weighted by atomic mass is 16.5. The number of ether oxygens (including phenoxy) is 1. The summed E-state index contributed by atoms with van der Waals surface area (Å²) in [6.07, 6.45) is 2.14. The third kappa shape index (κ3) is 6.85. The summed E-state index contributed by atoms with van der Waals surface area (Å²) in [5.74, 6) is -0.388. The molecule has 0 bridgehead atoms. The fourth-order valence-corrected chi connectivity index (χ4v) is 1.78. The van der Waals surface area contributed by atoms with Crippen LogP contribution >= 0.6 is 0 Å². The van der Waals surface area contributed by atoms with Crippen LogP contribution in [0.4, 0.5) is 11.4 Å². The first-order chi connectivity index (χ1) is 11.1. The number of carbonyl (C=O) groups is 1. The van der Waals surface area contributed by atoms with E-state index in [0.717, 1.165) is 17.8 Å². The largest absolute Gasteiger partial charge is 0.382 e. The first-order valence-electron chi connectivity index (χ1n) is 7.58. The topological polar surface area (TPSA) is 77.4 Å². The molecule has 6 nitrogen and oxygen atoms in total. The average Bonchev–Trinajstić information content (AvgIpc) is 2.55. The number of hydrogen-bond donors (Lipinski definition) is 2. The minimum atomic E-state index is -0.388.